The van der Waals surface area contributed by atoms with E-state index in [4.69, 9.17) is 0 Å². The number of rotatable bonds is 8. The summed E-state index contributed by atoms with van der Waals surface area (Å²) in [7, 11) is 2.96. The molecule has 0 aliphatic rings. The fourth-order valence-corrected chi connectivity index (χ4v) is 2.05. The molecule has 0 radical (unpaired) electrons. The maximum Gasteiger partial charge on any atom is 0.155 e. The van der Waals surface area contributed by atoms with E-state index in [1.165, 1.54) is 11.3 Å². The normalized spacial score (nSPS) is 12.3. The molecule has 2 heteroatoms. The minimum Gasteiger partial charge on any atom is -0.388 e. The fraction of sp³-hybridized carbons (Fsp3) is 0.158. The molecule has 21 heavy (non-hydrogen) atoms. The fourth-order valence-electron chi connectivity index (χ4n) is 2.05. The highest BCUT2D eigenvalue weighted by molar-refractivity contribution is 6.44. The lowest BCUT2D eigenvalue weighted by Gasteiger charge is -2.13. The topological polar surface area (TPSA) is 12.0 Å². The van der Waals surface area contributed by atoms with Crippen LogP contribution in [0.3, 0.4) is 0 Å². The quantitative estimate of drug-likeness (QED) is 0.541. The van der Waals surface area contributed by atoms with Crippen LogP contribution in [0.5, 0.6) is 0 Å². The summed E-state index contributed by atoms with van der Waals surface area (Å²) in [5, 5.41) is 3.24. The molecule has 1 rings (SSSR count). The van der Waals surface area contributed by atoms with E-state index in [1.54, 1.807) is 6.08 Å². The Morgan fingerprint density at radius 3 is 2.57 bits per heavy atom. The molecule has 0 fully saturated rings. The van der Waals surface area contributed by atoms with Gasteiger partial charge in [-0.25, -0.2) is 0 Å². The number of hydrogen-bond donors (Lipinski definition) is 1. The van der Waals surface area contributed by atoms with E-state index in [2.05, 4.69) is 68.3 Å². The van der Waals surface area contributed by atoms with Gasteiger partial charge in [0, 0.05) is 12.7 Å². The van der Waals surface area contributed by atoms with Crippen molar-refractivity contribution in [3.05, 3.63) is 91.0 Å². The third kappa shape index (κ3) is 5.35. The van der Waals surface area contributed by atoms with Crippen LogP contribution in [0.15, 0.2) is 85.4 Å². The van der Waals surface area contributed by atoms with Gasteiger partial charge in [-0.05, 0) is 28.6 Å². The summed E-state index contributed by atoms with van der Waals surface area (Å²) in [4.78, 5) is 0. The summed E-state index contributed by atoms with van der Waals surface area (Å²) in [6, 6.07) is 8.43. The van der Waals surface area contributed by atoms with E-state index in [1.807, 2.05) is 19.2 Å². The van der Waals surface area contributed by atoms with Crippen LogP contribution in [0.25, 0.3) is 0 Å². The van der Waals surface area contributed by atoms with Crippen molar-refractivity contribution < 1.29 is 0 Å². The van der Waals surface area contributed by atoms with Crippen LogP contribution in [-0.2, 0) is 0 Å². The summed E-state index contributed by atoms with van der Waals surface area (Å²) in [5.41, 5.74) is 4.29. The van der Waals surface area contributed by atoms with Crippen LogP contribution < -0.4 is 5.32 Å². The zero-order valence-corrected chi connectivity index (χ0v) is 13.1. The summed E-state index contributed by atoms with van der Waals surface area (Å²) >= 11 is 0. The molecule has 0 saturated carbocycles. The second-order valence-corrected chi connectivity index (χ2v) is 5.02. The molecule has 0 bridgehead atoms. The molecule has 0 spiro atoms. The predicted molar refractivity (Wildman–Crippen MR) is 98.3 cm³/mol. The van der Waals surface area contributed by atoms with E-state index in [9.17, 15) is 0 Å². The highest BCUT2D eigenvalue weighted by atomic mass is 14.8. The van der Waals surface area contributed by atoms with Crippen molar-refractivity contribution in [1.82, 2.24) is 0 Å². The minimum atomic E-state index is 0.477. The predicted octanol–water partition coefficient (Wildman–Crippen LogP) is 4.59. The van der Waals surface area contributed by atoms with Crippen LogP contribution in [0, 0.1) is 0 Å². The monoisotopic (exact) mass is 277 g/mol. The van der Waals surface area contributed by atoms with Crippen LogP contribution in [0.1, 0.15) is 18.3 Å². The molecule has 1 N–H and O–H groups in total. The summed E-state index contributed by atoms with van der Waals surface area (Å²) in [6.45, 7) is 13.7. The lowest BCUT2D eigenvalue weighted by atomic mass is 9.62. The number of allylic oxidation sites excluding steroid dienone is 6. The van der Waals surface area contributed by atoms with Crippen molar-refractivity contribution >= 4 is 13.0 Å². The number of hydrogen-bond acceptors (Lipinski definition) is 1. The summed E-state index contributed by atoms with van der Waals surface area (Å²) < 4.78 is 0. The maximum absolute atomic E-state index is 3.93. The molecule has 0 saturated heterocycles. The first kappa shape index (κ1) is 16.8. The van der Waals surface area contributed by atoms with Crippen molar-refractivity contribution in [1.29, 1.82) is 0 Å². The molecule has 108 valence electrons. The standard InChI is InChI=1S/C19H24BN/c1-6-15(2)16(3)11-9-10-14-20-17(4)18-12-7-8-13-19(18)21-5/h6-14,17,20-21H,1-3H2,4-5H3/b11-9-,14-10-. The van der Waals surface area contributed by atoms with E-state index >= 15 is 0 Å². The van der Waals surface area contributed by atoms with Crippen molar-refractivity contribution in [3.8, 4) is 0 Å². The lowest BCUT2D eigenvalue weighted by Crippen LogP contribution is -2.05. The Morgan fingerprint density at radius 1 is 1.19 bits per heavy atom. The lowest BCUT2D eigenvalue weighted by molar-refractivity contribution is 1.07. The van der Waals surface area contributed by atoms with Crippen molar-refractivity contribution in [3.63, 3.8) is 0 Å². The molecule has 0 aliphatic carbocycles. The Balaban J connectivity index is 2.57. The van der Waals surface area contributed by atoms with Gasteiger partial charge < -0.3 is 5.32 Å². The molecule has 1 aromatic rings. The zero-order chi connectivity index (χ0) is 15.7. The van der Waals surface area contributed by atoms with Gasteiger partial charge in [0.2, 0.25) is 0 Å². The molecule has 1 aromatic carbocycles. The Labute approximate surface area is 129 Å². The van der Waals surface area contributed by atoms with Crippen LogP contribution in [-0.4, -0.2) is 14.3 Å². The minimum absolute atomic E-state index is 0.477. The van der Waals surface area contributed by atoms with Gasteiger partial charge in [0.1, 0.15) is 0 Å². The van der Waals surface area contributed by atoms with Crippen LogP contribution in [0.4, 0.5) is 5.69 Å². The third-order valence-electron chi connectivity index (χ3n) is 3.45. The molecular formula is C19H24BN. The number of para-hydroxylation sites is 1. The molecule has 1 atom stereocenters. The highest BCUT2D eigenvalue weighted by Crippen LogP contribution is 2.23. The first-order valence-corrected chi connectivity index (χ1v) is 7.20. The largest absolute Gasteiger partial charge is 0.388 e. The average Bonchev–Trinajstić information content (AvgIpc) is 2.53. The Bertz CT molecular complexity index is 567. The molecule has 0 aliphatic heterocycles. The first-order chi connectivity index (χ1) is 10.1. The van der Waals surface area contributed by atoms with E-state index in [-0.39, 0.29) is 0 Å². The second kappa shape index (κ2) is 8.86. The summed E-state index contributed by atoms with van der Waals surface area (Å²) in [5.74, 6) is 2.65. The van der Waals surface area contributed by atoms with Gasteiger partial charge in [0.25, 0.3) is 0 Å². The van der Waals surface area contributed by atoms with Gasteiger partial charge in [-0.3, -0.25) is 0 Å². The van der Waals surface area contributed by atoms with Gasteiger partial charge in [0.05, 0.1) is 0 Å². The van der Waals surface area contributed by atoms with E-state index in [0.717, 1.165) is 18.4 Å². The van der Waals surface area contributed by atoms with Crippen molar-refractivity contribution in [2.45, 2.75) is 12.7 Å². The molecule has 1 nitrogen and oxygen atoms in total. The van der Waals surface area contributed by atoms with Crippen molar-refractivity contribution in [2.24, 2.45) is 0 Å². The van der Waals surface area contributed by atoms with Crippen LogP contribution in [0.2, 0.25) is 0 Å². The maximum atomic E-state index is 3.93. The SMILES string of the molecule is C=CC(=C)C(=C)/C=C\C=C/BC(C)c1ccccc1NC. The first-order valence-electron chi connectivity index (χ1n) is 7.20. The summed E-state index contributed by atoms with van der Waals surface area (Å²) in [6.07, 6.45) is 7.72. The Morgan fingerprint density at radius 2 is 1.90 bits per heavy atom. The van der Waals surface area contributed by atoms with Gasteiger partial charge >= 0.3 is 0 Å². The highest BCUT2D eigenvalue weighted by Gasteiger charge is 2.08. The number of nitrogens with one attached hydrogen (secondary N) is 1. The van der Waals surface area contributed by atoms with Gasteiger partial charge in [-0.2, -0.15) is 0 Å². The zero-order valence-electron chi connectivity index (χ0n) is 13.1. The Hall–Kier alpha value is -2.22. The average molecular weight is 277 g/mol. The number of benzene rings is 1. The van der Waals surface area contributed by atoms with Gasteiger partial charge in [-0.15, -0.1) is 5.98 Å². The third-order valence-corrected chi connectivity index (χ3v) is 3.45. The molecule has 0 amide bonds. The molecule has 0 heterocycles. The van der Waals surface area contributed by atoms with E-state index in [0.29, 0.717) is 5.82 Å². The Kier molecular flexibility index (Phi) is 7.10. The van der Waals surface area contributed by atoms with Gasteiger partial charge in [0.15, 0.2) is 7.28 Å². The van der Waals surface area contributed by atoms with E-state index < -0.39 is 0 Å². The number of anilines is 1. The van der Waals surface area contributed by atoms with Gasteiger partial charge in [-0.1, -0.05) is 69.2 Å². The van der Waals surface area contributed by atoms with Crippen LogP contribution >= 0.6 is 0 Å². The molecule has 0 aromatic heterocycles. The molecule has 1 unspecified atom stereocenters. The smallest absolute Gasteiger partial charge is 0.155 e. The second-order valence-electron chi connectivity index (χ2n) is 5.02. The molecular weight excluding hydrogens is 253 g/mol. The van der Waals surface area contributed by atoms with Crippen molar-refractivity contribution in [2.75, 3.05) is 12.4 Å².